The number of aliphatic hydroxyl groups is 1. The summed E-state index contributed by atoms with van der Waals surface area (Å²) in [5.74, 6) is 0.547. The van der Waals surface area contributed by atoms with E-state index >= 15 is 0 Å². The first-order valence-corrected chi connectivity index (χ1v) is 16.3. The molecule has 1 N–H and O–H groups in total. The van der Waals surface area contributed by atoms with E-state index in [0.717, 1.165) is 74.5 Å². The Labute approximate surface area is 290 Å². The Kier molecular flexibility index (Phi) is 12.8. The van der Waals surface area contributed by atoms with Crippen LogP contribution in [-0.2, 0) is 31.3 Å². The Hall–Kier alpha value is -3.28. The van der Waals surface area contributed by atoms with Gasteiger partial charge in [0.25, 0.3) is 0 Å². The van der Waals surface area contributed by atoms with Gasteiger partial charge < -0.3 is 10.1 Å². The zero-order chi connectivity index (χ0) is 33.8. The Morgan fingerprint density at radius 3 is 2.04 bits per heavy atom. The summed E-state index contributed by atoms with van der Waals surface area (Å²) in [5, 5.41) is 16.5. The molecule has 0 saturated heterocycles. The summed E-state index contributed by atoms with van der Waals surface area (Å²) in [6.07, 6.45) is 2.29. The topological polar surface area (TPSA) is 50.2 Å². The zero-order valence-electron chi connectivity index (χ0n) is 28.3. The van der Waals surface area contributed by atoms with E-state index in [1.54, 1.807) is 12.3 Å². The van der Waals surface area contributed by atoms with Crippen LogP contribution in [0.3, 0.4) is 0 Å². The van der Waals surface area contributed by atoms with Crippen LogP contribution in [0.25, 0.3) is 43.2 Å². The van der Waals surface area contributed by atoms with Crippen molar-refractivity contribution in [3.63, 3.8) is 0 Å². The number of aryl methyl sites for hydroxylation is 1. The number of benzene rings is 4. The third-order valence-corrected chi connectivity index (χ3v) is 9.38. The van der Waals surface area contributed by atoms with Gasteiger partial charge in [0.05, 0.1) is 11.2 Å². The molecule has 5 rings (SSSR count). The molecule has 1 heterocycles. The molecule has 0 aliphatic rings. The normalized spacial score (nSPS) is 12.6. The van der Waals surface area contributed by atoms with Crippen molar-refractivity contribution in [2.24, 2.45) is 17.3 Å². The van der Waals surface area contributed by atoms with Crippen molar-refractivity contribution in [1.82, 2.24) is 4.98 Å². The van der Waals surface area contributed by atoms with Gasteiger partial charge in [-0.15, -0.1) is 17.0 Å². The summed E-state index contributed by atoms with van der Waals surface area (Å²) in [7, 11) is 0. The minimum atomic E-state index is -4.28. The van der Waals surface area contributed by atoms with Crippen molar-refractivity contribution < 1.29 is 43.2 Å². The third-order valence-electron chi connectivity index (χ3n) is 9.38. The van der Waals surface area contributed by atoms with Gasteiger partial charge in [-0.3, -0.25) is 4.79 Å². The van der Waals surface area contributed by atoms with Crippen molar-refractivity contribution in [3.8, 4) is 0 Å². The van der Waals surface area contributed by atoms with Crippen LogP contribution in [0.4, 0.5) is 13.2 Å². The SMILES string of the molecule is CCC(CC)C(=O)/C=C(\O)C(CC)CC.Cc1[c-]c2c(ccc3c2ncc2cccc(CC(C)(C)C(F)(F)F)c23)c2ccccc12.[Ir]. The predicted molar refractivity (Wildman–Crippen MR) is 185 cm³/mol. The molecule has 0 saturated carbocycles. The summed E-state index contributed by atoms with van der Waals surface area (Å²) in [6.45, 7) is 12.6. The largest absolute Gasteiger partial charge is 0.512 e. The maximum absolute atomic E-state index is 13.6. The predicted octanol–water partition coefficient (Wildman–Crippen LogP) is 11.8. The van der Waals surface area contributed by atoms with Gasteiger partial charge >= 0.3 is 6.18 Å². The molecule has 47 heavy (non-hydrogen) atoms. The minimum Gasteiger partial charge on any atom is -0.512 e. The number of aliphatic hydroxyl groups excluding tert-OH is 1. The second kappa shape index (κ2) is 15.7. The van der Waals surface area contributed by atoms with Crippen LogP contribution in [0.5, 0.6) is 0 Å². The fourth-order valence-corrected chi connectivity index (χ4v) is 6.27. The van der Waals surface area contributed by atoms with E-state index in [-0.39, 0.29) is 49.9 Å². The number of ketones is 1. The number of pyridine rings is 1. The standard InChI is InChI=1S/C27H21F3N.C13H24O2.Ir/c1-16-13-23-21(20-10-5-4-9-19(16)20)11-12-22-24-17(14-26(2,3)27(28,29)30)7-6-8-18(24)15-31-25(22)23;1-5-10(6-2)12(14)9-13(15)11(7-3)8-4;/h4-12,15H,14H2,1-3H3;9-11,14H,5-8H2,1-4H3;/q-1;;/b;12-9-;. The molecular weight excluding hydrogens is 776 g/mol. The summed E-state index contributed by atoms with van der Waals surface area (Å²) in [5.41, 5.74) is 0.663. The van der Waals surface area contributed by atoms with E-state index in [0.29, 0.717) is 5.56 Å². The molecule has 4 aromatic carbocycles. The molecule has 5 aromatic rings. The fourth-order valence-electron chi connectivity index (χ4n) is 6.27. The second-order valence-electron chi connectivity index (χ2n) is 12.9. The average molecular weight is 821 g/mol. The van der Waals surface area contributed by atoms with Gasteiger partial charge in [-0.05, 0) is 59.3 Å². The molecule has 0 unspecified atom stereocenters. The zero-order valence-corrected chi connectivity index (χ0v) is 30.7. The van der Waals surface area contributed by atoms with Crippen molar-refractivity contribution in [1.29, 1.82) is 0 Å². The number of hydrogen-bond acceptors (Lipinski definition) is 3. The molecule has 0 amide bonds. The van der Waals surface area contributed by atoms with Crippen LogP contribution in [0, 0.1) is 30.2 Å². The molecule has 0 aliphatic heterocycles. The Morgan fingerprint density at radius 2 is 1.45 bits per heavy atom. The number of carbonyl (C=O) groups is 1. The average Bonchev–Trinajstić information content (AvgIpc) is 3.01. The number of carbonyl (C=O) groups excluding carboxylic acids is 1. The maximum Gasteiger partial charge on any atom is 0.394 e. The fraction of sp³-hybridized carbons (Fsp3) is 0.400. The number of nitrogens with zero attached hydrogens (tertiary/aromatic N) is 1. The van der Waals surface area contributed by atoms with E-state index in [9.17, 15) is 23.1 Å². The van der Waals surface area contributed by atoms with E-state index in [2.05, 4.69) is 18.2 Å². The number of aromatic nitrogens is 1. The quantitative estimate of drug-likeness (QED) is 0.0697. The van der Waals surface area contributed by atoms with Crippen molar-refractivity contribution in [2.75, 3.05) is 0 Å². The van der Waals surface area contributed by atoms with Crippen LogP contribution in [-0.4, -0.2) is 22.1 Å². The summed E-state index contributed by atoms with van der Waals surface area (Å²) in [6, 6.07) is 21.2. The molecule has 0 atom stereocenters. The van der Waals surface area contributed by atoms with Crippen LogP contribution < -0.4 is 0 Å². The number of fused-ring (bicyclic) bond motifs is 7. The van der Waals surface area contributed by atoms with Crippen LogP contribution >= 0.6 is 0 Å². The molecule has 1 aromatic heterocycles. The molecule has 0 fully saturated rings. The Morgan fingerprint density at radius 1 is 0.851 bits per heavy atom. The van der Waals surface area contributed by atoms with Gasteiger partial charge in [-0.1, -0.05) is 119 Å². The van der Waals surface area contributed by atoms with Crippen molar-refractivity contribution in [3.05, 3.63) is 89.8 Å². The van der Waals surface area contributed by atoms with Gasteiger partial charge in [-0.2, -0.15) is 13.2 Å². The summed E-state index contributed by atoms with van der Waals surface area (Å²) < 4.78 is 40.9. The smallest absolute Gasteiger partial charge is 0.394 e. The van der Waals surface area contributed by atoms with Crippen LogP contribution in [0.2, 0.25) is 0 Å². The van der Waals surface area contributed by atoms with Crippen LogP contribution in [0.15, 0.2) is 72.6 Å². The van der Waals surface area contributed by atoms with Gasteiger partial charge in [0.2, 0.25) is 0 Å². The molecule has 0 spiro atoms. The Balaban J connectivity index is 0.000000322. The van der Waals surface area contributed by atoms with E-state index in [1.807, 2.05) is 71.0 Å². The molecule has 7 heteroatoms. The molecule has 0 bridgehead atoms. The first-order chi connectivity index (χ1) is 21.8. The summed E-state index contributed by atoms with van der Waals surface area (Å²) in [4.78, 5) is 16.4. The van der Waals surface area contributed by atoms with Crippen molar-refractivity contribution in [2.45, 2.75) is 86.7 Å². The maximum atomic E-state index is 13.6. The van der Waals surface area contributed by atoms with E-state index < -0.39 is 11.6 Å². The first kappa shape index (κ1) is 38.2. The monoisotopic (exact) mass is 821 g/mol. The minimum absolute atomic E-state index is 0. The third kappa shape index (κ3) is 8.06. The number of hydrogen-bond donors (Lipinski definition) is 1. The first-order valence-electron chi connectivity index (χ1n) is 16.3. The molecule has 253 valence electrons. The molecule has 1 radical (unpaired) electrons. The number of rotatable bonds is 9. The molecule has 0 aliphatic carbocycles. The summed E-state index contributed by atoms with van der Waals surface area (Å²) >= 11 is 0. The van der Waals surface area contributed by atoms with Gasteiger partial charge in [0.15, 0.2) is 5.78 Å². The van der Waals surface area contributed by atoms with E-state index in [1.165, 1.54) is 19.9 Å². The Bertz CT molecular complexity index is 1890. The van der Waals surface area contributed by atoms with Gasteiger partial charge in [-0.25, -0.2) is 0 Å². The second-order valence-corrected chi connectivity index (χ2v) is 12.9. The van der Waals surface area contributed by atoms with Crippen molar-refractivity contribution >= 4 is 49.0 Å². The molecule has 3 nitrogen and oxygen atoms in total. The number of alkyl halides is 3. The van der Waals surface area contributed by atoms with Gasteiger partial charge in [0, 0.05) is 44.2 Å². The van der Waals surface area contributed by atoms with Crippen LogP contribution in [0.1, 0.15) is 78.4 Å². The molecular formula is C40H45F3IrNO2-. The number of allylic oxidation sites excluding steroid dienone is 2. The number of halogens is 3. The van der Waals surface area contributed by atoms with Gasteiger partial charge in [0.1, 0.15) is 0 Å². The van der Waals surface area contributed by atoms with E-state index in [4.69, 9.17) is 4.98 Å².